The molecule has 1 aromatic carbocycles. The van der Waals surface area contributed by atoms with E-state index in [4.69, 9.17) is 4.74 Å². The quantitative estimate of drug-likeness (QED) is 0.313. The van der Waals surface area contributed by atoms with E-state index in [1.165, 1.54) is 19.2 Å². The smallest absolute Gasteiger partial charge is 0.258 e. The van der Waals surface area contributed by atoms with E-state index in [9.17, 15) is 23.6 Å². The molecule has 1 heterocycles. The number of nitrogens with zero attached hydrogens (tertiary/aromatic N) is 2. The van der Waals surface area contributed by atoms with Crippen LogP contribution in [0.15, 0.2) is 18.2 Å². The van der Waals surface area contributed by atoms with Crippen molar-refractivity contribution in [3.05, 3.63) is 29.6 Å². The summed E-state index contributed by atoms with van der Waals surface area (Å²) in [6.45, 7) is 5.76. The predicted octanol–water partition coefficient (Wildman–Crippen LogP) is 2.58. The van der Waals surface area contributed by atoms with Gasteiger partial charge in [-0.05, 0) is 87.9 Å². The van der Waals surface area contributed by atoms with Crippen molar-refractivity contribution in [2.24, 2.45) is 17.8 Å². The highest BCUT2D eigenvalue weighted by Gasteiger charge is 2.54. The van der Waals surface area contributed by atoms with Crippen molar-refractivity contribution in [1.29, 1.82) is 0 Å². The van der Waals surface area contributed by atoms with E-state index in [1.807, 2.05) is 7.05 Å². The number of carbonyl (C=O) groups excluding carboxylic acids is 4. The van der Waals surface area contributed by atoms with Crippen LogP contribution in [0.5, 0.6) is 0 Å². The number of hydrogen-bond acceptors (Lipinski definition) is 6. The number of hydrogen-bond donors (Lipinski definition) is 3. The molecule has 1 saturated heterocycles. The Kier molecular flexibility index (Phi) is 9.60. The van der Waals surface area contributed by atoms with Crippen LogP contribution in [0.3, 0.4) is 0 Å². The van der Waals surface area contributed by atoms with Gasteiger partial charge in [0, 0.05) is 39.2 Å². The van der Waals surface area contributed by atoms with Crippen LogP contribution < -0.4 is 16.0 Å². The molecule has 0 aromatic heterocycles. The molecule has 0 unspecified atom stereocenters. The third-order valence-electron chi connectivity index (χ3n) is 9.76. The molecule has 44 heavy (non-hydrogen) atoms. The zero-order valence-electron chi connectivity index (χ0n) is 26.0. The number of piperazine rings is 1. The number of ether oxygens (including phenoxy) is 1. The number of amides is 4. The van der Waals surface area contributed by atoms with Crippen LogP contribution in [0.4, 0.5) is 14.5 Å². The molecule has 4 aliphatic rings. The summed E-state index contributed by atoms with van der Waals surface area (Å²) in [6, 6.07) is 2.39. The molecule has 4 fully saturated rings. The number of rotatable bonds is 13. The van der Waals surface area contributed by atoms with E-state index in [0.29, 0.717) is 31.7 Å². The number of methoxy groups -OCH3 is 1. The predicted molar refractivity (Wildman–Crippen MR) is 160 cm³/mol. The first-order chi connectivity index (χ1) is 20.9. The van der Waals surface area contributed by atoms with Gasteiger partial charge in [-0.3, -0.25) is 19.2 Å². The average Bonchev–Trinajstić information content (AvgIpc) is 3.85. The Balaban J connectivity index is 1.32. The standard InChI is InChI=1S/C32H45F2N5O5/c1-18(26(36-28(40)19(2)44-4)30(42)39-15-13-38(3)14-16-39)22-9-10-24(23(33)17-22)35-29(41)27(37-31(43)32(34)11-12-32)25(20-5-6-20)21-7-8-21/h9-10,17-21,25-27H,5-8,11-16H2,1-4H3,(H,35,41)(H,36,40)(H,37,43)/t18-,19-,26+,27-/m0/s1. The van der Waals surface area contributed by atoms with Crippen molar-refractivity contribution in [2.45, 2.75) is 82.1 Å². The summed E-state index contributed by atoms with van der Waals surface area (Å²) in [5.41, 5.74) is -1.53. The van der Waals surface area contributed by atoms with Gasteiger partial charge in [0.2, 0.25) is 17.7 Å². The van der Waals surface area contributed by atoms with E-state index in [1.54, 1.807) is 24.8 Å². The summed E-state index contributed by atoms with van der Waals surface area (Å²) in [6.07, 6.45) is 3.32. The molecule has 3 aliphatic carbocycles. The first-order valence-corrected chi connectivity index (χ1v) is 15.8. The molecule has 12 heteroatoms. The van der Waals surface area contributed by atoms with Crippen molar-refractivity contribution in [3.8, 4) is 0 Å². The highest BCUT2D eigenvalue weighted by molar-refractivity contribution is 5.99. The molecule has 1 aliphatic heterocycles. The number of carbonyl (C=O) groups is 4. The molecule has 0 spiro atoms. The summed E-state index contributed by atoms with van der Waals surface area (Å²) < 4.78 is 35.3. The molecular weight excluding hydrogens is 572 g/mol. The van der Waals surface area contributed by atoms with Crippen LogP contribution >= 0.6 is 0 Å². The molecule has 4 amide bonds. The van der Waals surface area contributed by atoms with Gasteiger partial charge in [-0.2, -0.15) is 0 Å². The van der Waals surface area contributed by atoms with Gasteiger partial charge in [0.1, 0.15) is 24.0 Å². The molecular formula is C32H45F2N5O5. The van der Waals surface area contributed by atoms with Gasteiger partial charge in [-0.25, -0.2) is 8.78 Å². The zero-order chi connectivity index (χ0) is 31.8. The second-order valence-electron chi connectivity index (χ2n) is 13.2. The van der Waals surface area contributed by atoms with Crippen LogP contribution in [-0.2, 0) is 23.9 Å². The molecule has 0 radical (unpaired) electrons. The van der Waals surface area contributed by atoms with Crippen molar-refractivity contribution in [2.75, 3.05) is 45.7 Å². The van der Waals surface area contributed by atoms with Crippen LogP contribution in [0.1, 0.15) is 63.9 Å². The van der Waals surface area contributed by atoms with Crippen molar-refractivity contribution >= 4 is 29.3 Å². The summed E-state index contributed by atoms with van der Waals surface area (Å²) in [4.78, 5) is 56.4. The number of alkyl halides is 1. The zero-order valence-corrected chi connectivity index (χ0v) is 26.0. The Morgan fingerprint density at radius 2 is 1.55 bits per heavy atom. The van der Waals surface area contributed by atoms with Gasteiger partial charge >= 0.3 is 0 Å². The third kappa shape index (κ3) is 7.39. The van der Waals surface area contributed by atoms with Crippen LogP contribution in [0.2, 0.25) is 0 Å². The van der Waals surface area contributed by atoms with Crippen LogP contribution in [-0.4, -0.2) is 97.6 Å². The lowest BCUT2D eigenvalue weighted by Crippen LogP contribution is -2.56. The van der Waals surface area contributed by atoms with Crippen molar-refractivity contribution < 1.29 is 32.7 Å². The number of halogens is 2. The highest BCUT2D eigenvalue weighted by Crippen LogP contribution is 2.51. The first-order valence-electron chi connectivity index (χ1n) is 15.8. The number of benzene rings is 1. The van der Waals surface area contributed by atoms with E-state index in [2.05, 4.69) is 20.9 Å². The topological polar surface area (TPSA) is 120 Å². The van der Waals surface area contributed by atoms with Gasteiger partial charge in [0.15, 0.2) is 5.67 Å². The summed E-state index contributed by atoms with van der Waals surface area (Å²) in [7, 11) is 3.38. The minimum absolute atomic E-state index is 0.0732. The second kappa shape index (κ2) is 13.1. The molecule has 3 N–H and O–H groups in total. The average molecular weight is 618 g/mol. The Labute approximate surface area is 257 Å². The van der Waals surface area contributed by atoms with Crippen molar-refractivity contribution in [3.63, 3.8) is 0 Å². The lowest BCUT2D eigenvalue weighted by atomic mass is 9.88. The third-order valence-corrected chi connectivity index (χ3v) is 9.76. The van der Waals surface area contributed by atoms with Crippen LogP contribution in [0, 0.1) is 23.6 Å². The van der Waals surface area contributed by atoms with Crippen molar-refractivity contribution in [1.82, 2.24) is 20.4 Å². The van der Waals surface area contributed by atoms with E-state index in [0.717, 1.165) is 25.7 Å². The normalized spacial score (nSPS) is 22.5. The Morgan fingerprint density at radius 1 is 0.932 bits per heavy atom. The Bertz CT molecular complexity index is 1250. The van der Waals surface area contributed by atoms with Gasteiger partial charge in [-0.1, -0.05) is 13.0 Å². The Hall–Kier alpha value is -3.12. The number of anilines is 1. The number of nitrogens with one attached hydrogen (secondary N) is 3. The monoisotopic (exact) mass is 617 g/mol. The van der Waals surface area contributed by atoms with Gasteiger partial charge in [0.05, 0.1) is 5.69 Å². The SMILES string of the molecule is CO[C@@H](C)C(=O)N[C@@H](C(=O)N1CCN(C)CC1)[C@@H](C)c1ccc(NC(=O)[C@@H](NC(=O)C2(F)CC2)C(C2CC2)C2CC2)c(F)c1. The molecule has 10 nitrogen and oxygen atoms in total. The van der Waals surface area contributed by atoms with E-state index >= 15 is 4.39 Å². The Morgan fingerprint density at radius 3 is 2.07 bits per heavy atom. The van der Waals surface area contributed by atoms with Gasteiger partial charge < -0.3 is 30.5 Å². The molecule has 4 atom stereocenters. The minimum Gasteiger partial charge on any atom is -0.372 e. The lowest BCUT2D eigenvalue weighted by molar-refractivity contribution is -0.140. The minimum atomic E-state index is -1.92. The molecule has 242 valence electrons. The number of likely N-dealkylation sites (N-methyl/N-ethyl adjacent to an activating group) is 1. The van der Waals surface area contributed by atoms with Gasteiger partial charge in [0.25, 0.3) is 5.91 Å². The molecule has 5 rings (SSSR count). The summed E-state index contributed by atoms with van der Waals surface area (Å²) >= 11 is 0. The fraction of sp³-hybridized carbons (Fsp3) is 0.688. The fourth-order valence-corrected chi connectivity index (χ4v) is 6.16. The van der Waals surface area contributed by atoms with E-state index < -0.39 is 53.3 Å². The first kappa shape index (κ1) is 32.3. The fourth-order valence-electron chi connectivity index (χ4n) is 6.16. The summed E-state index contributed by atoms with van der Waals surface area (Å²) in [5, 5.41) is 8.13. The largest absolute Gasteiger partial charge is 0.372 e. The lowest BCUT2D eigenvalue weighted by Gasteiger charge is -2.36. The maximum absolute atomic E-state index is 15.6. The molecule has 0 bridgehead atoms. The molecule has 1 aromatic rings. The summed E-state index contributed by atoms with van der Waals surface area (Å²) in [5.74, 6) is -2.90. The second-order valence-corrected chi connectivity index (χ2v) is 13.2. The van der Waals surface area contributed by atoms with E-state index in [-0.39, 0.29) is 42.2 Å². The maximum atomic E-state index is 15.6. The van der Waals surface area contributed by atoms with Crippen LogP contribution in [0.25, 0.3) is 0 Å². The molecule has 3 saturated carbocycles. The maximum Gasteiger partial charge on any atom is 0.258 e. The van der Waals surface area contributed by atoms with Gasteiger partial charge in [-0.15, -0.1) is 0 Å². The highest BCUT2D eigenvalue weighted by atomic mass is 19.1.